The summed E-state index contributed by atoms with van der Waals surface area (Å²) in [4.78, 5) is 15.7. The van der Waals surface area contributed by atoms with Crippen LogP contribution in [-0.4, -0.2) is 189 Å². The summed E-state index contributed by atoms with van der Waals surface area (Å²) in [6, 6.07) is -4.03. The zero-order valence-corrected chi connectivity index (χ0v) is 28.2. The van der Waals surface area contributed by atoms with Gasteiger partial charge in [-0.2, -0.15) is 16.8 Å². The average Bonchev–Trinajstić information content (AvgIpc) is 2.99. The van der Waals surface area contributed by atoms with Gasteiger partial charge < -0.3 is 73.5 Å². The van der Waals surface area contributed by atoms with E-state index in [4.69, 9.17) is 33.0 Å². The van der Waals surface area contributed by atoms with E-state index in [9.17, 15) is 74.9 Å². The summed E-state index contributed by atoms with van der Waals surface area (Å²) in [5, 5.41) is 77.0. The monoisotopic (exact) mass is 809 g/mol. The summed E-state index contributed by atoms with van der Waals surface area (Å²) in [5.74, 6) is -3.36. The van der Waals surface area contributed by atoms with Gasteiger partial charge >= 0.3 is 20.8 Å². The number of carbonyl (C=O) groups excluding carboxylic acids is 1. The quantitative estimate of drug-likeness (QED) is 0.0432. The highest BCUT2D eigenvalue weighted by Gasteiger charge is 2.56. The lowest BCUT2D eigenvalue weighted by molar-refractivity contribution is -0.378. The van der Waals surface area contributed by atoms with E-state index in [0.717, 1.165) is 14.0 Å². The van der Waals surface area contributed by atoms with E-state index in [-0.39, 0.29) is 0 Å². The van der Waals surface area contributed by atoms with Gasteiger partial charge in [0.05, 0.1) is 19.2 Å². The number of carbonyl (C=O) groups is 1. The van der Waals surface area contributed by atoms with E-state index in [2.05, 4.69) is 13.4 Å². The predicted molar refractivity (Wildman–Crippen MR) is 146 cm³/mol. The topological polar surface area (TPSA) is 429 Å². The van der Waals surface area contributed by atoms with E-state index in [1.807, 2.05) is 0 Å². The van der Waals surface area contributed by atoms with E-state index in [0.29, 0.717) is 0 Å². The molecule has 3 fully saturated rings. The SMILES string of the molecule is CO[C@H]1O[C@H](CO)[C@@H](O[C@@H]2O[C@@H](C(=O)[O-])[C@@H](O[C@H]3O[C@H](COS(=O)(=O)O)[C@@H](O)[C@H](O)[C@H]3N=C(C)[O-])[C@H](O)[C@H]2OS(=O)(=O)O)[C@H](O)[C@H]1NS(=O)(=O)[O-]. The molecule has 0 radical (unpaired) electrons. The molecule has 0 unspecified atom stereocenters. The first-order valence-corrected chi connectivity index (χ1v) is 18.1. The summed E-state index contributed by atoms with van der Waals surface area (Å²) >= 11 is 0. The Hall–Kier alpha value is -1.89. The highest BCUT2D eigenvalue weighted by Crippen LogP contribution is 2.35. The van der Waals surface area contributed by atoms with Gasteiger partial charge in [-0.15, -0.1) is 0 Å². The molecule has 30 heteroatoms. The number of carboxylic acid groups (broad SMARTS) is 1. The summed E-state index contributed by atoms with van der Waals surface area (Å²) in [5.41, 5.74) is 0. The number of carboxylic acids is 1. The van der Waals surface area contributed by atoms with Crippen LogP contribution in [0.15, 0.2) is 4.99 Å². The number of rotatable bonds is 15. The molecule has 0 aliphatic carbocycles. The van der Waals surface area contributed by atoms with Crippen molar-refractivity contribution < 1.29 is 116 Å². The number of nitrogens with one attached hydrogen (secondary N) is 1. The lowest BCUT2D eigenvalue weighted by Gasteiger charge is -2.49. The van der Waals surface area contributed by atoms with Gasteiger partial charge in [-0.1, -0.05) is 0 Å². The number of hydrogen-bond acceptors (Lipinski definition) is 24. The Kier molecular flexibility index (Phi) is 14.6. The molecule has 15 atom stereocenters. The fraction of sp³-hybridized carbons (Fsp3) is 0.905. The normalized spacial score (nSPS) is 40.2. The lowest BCUT2D eigenvalue weighted by Crippen LogP contribution is -2.69. The second-order valence-corrected chi connectivity index (χ2v) is 14.1. The molecule has 3 saturated heterocycles. The second-order valence-electron chi connectivity index (χ2n) is 10.8. The smallest absolute Gasteiger partial charge is 0.397 e. The number of hydrogen-bond donors (Lipinski definition) is 8. The number of aliphatic hydroxyl groups is 5. The first kappa shape index (κ1) is 43.5. The van der Waals surface area contributed by atoms with Crippen molar-refractivity contribution in [3.8, 4) is 0 Å². The summed E-state index contributed by atoms with van der Waals surface area (Å²) in [7, 11) is -15.3. The Labute approximate surface area is 288 Å². The molecular formula is C21H33N2O25S3-3. The standard InChI is InChI=1S/C21H36N2O25S3/c1-5(25)22-8-11(27)10(26)7(4-42-50(35,36)37)44-20(8)46-15-13(29)16(48-51(38,39)40)21(47-17(15)18(30)31)45-14-6(3-24)43-19(41-2)9(12(14)28)23-49(32,33)34/h6-17,19-21,23-24,26-29H,3-4H2,1-2H3,(H,22,25)(H,30,31)(H,32,33,34)(H,35,36,37)(H,38,39,40)/p-3/t6-,7-,8-,9-,10-,11-,12-,13+,14-,15+,16-,17-,19+,20-,21-/m1/s1. The molecule has 3 rings (SSSR count). The van der Waals surface area contributed by atoms with Crippen LogP contribution >= 0.6 is 0 Å². The van der Waals surface area contributed by atoms with Crippen molar-refractivity contribution in [2.24, 2.45) is 4.99 Å². The maximum Gasteiger partial charge on any atom is 0.397 e. The second kappa shape index (κ2) is 17.1. The first-order valence-electron chi connectivity index (χ1n) is 13.9. The van der Waals surface area contributed by atoms with E-state index < -0.39 is 148 Å². The molecule has 0 aromatic rings. The molecule has 298 valence electrons. The largest absolute Gasteiger partial charge is 0.862 e. The lowest BCUT2D eigenvalue weighted by atomic mass is 9.95. The van der Waals surface area contributed by atoms with Gasteiger partial charge in [-0.25, -0.2) is 21.5 Å². The van der Waals surface area contributed by atoms with Gasteiger partial charge in [-0.3, -0.25) is 14.1 Å². The molecule has 51 heavy (non-hydrogen) atoms. The first-order chi connectivity index (χ1) is 23.4. The van der Waals surface area contributed by atoms with Crippen molar-refractivity contribution in [1.29, 1.82) is 0 Å². The molecule has 0 aromatic heterocycles. The van der Waals surface area contributed by atoms with Gasteiger partial charge in [-0.05, 0) is 12.8 Å². The van der Waals surface area contributed by atoms with Crippen LogP contribution in [0, 0.1) is 0 Å². The molecule has 3 aliphatic heterocycles. The minimum atomic E-state index is -5.68. The molecule has 8 N–H and O–H groups in total. The van der Waals surface area contributed by atoms with Crippen molar-refractivity contribution in [2.75, 3.05) is 20.3 Å². The number of aliphatic carboxylic acids is 1. The van der Waals surface area contributed by atoms with Crippen LogP contribution in [0.3, 0.4) is 0 Å². The molecule has 3 aliphatic rings. The van der Waals surface area contributed by atoms with E-state index in [1.165, 1.54) is 4.72 Å². The number of aliphatic imine (C=N–C) groups is 1. The fourth-order valence-electron chi connectivity index (χ4n) is 5.23. The van der Waals surface area contributed by atoms with Gasteiger partial charge in [0.25, 0.3) is 0 Å². The van der Waals surface area contributed by atoms with Gasteiger partial charge in [0, 0.05) is 7.11 Å². The third-order valence-electron chi connectivity index (χ3n) is 7.31. The van der Waals surface area contributed by atoms with Gasteiger partial charge in [0.1, 0.15) is 67.0 Å². The van der Waals surface area contributed by atoms with E-state index >= 15 is 0 Å². The Morgan fingerprint density at radius 3 is 1.88 bits per heavy atom. The predicted octanol–water partition coefficient (Wildman–Crippen LogP) is -9.66. The van der Waals surface area contributed by atoms with Crippen molar-refractivity contribution in [1.82, 2.24) is 4.72 Å². The molecule has 0 bridgehead atoms. The van der Waals surface area contributed by atoms with Crippen molar-refractivity contribution in [3.05, 3.63) is 0 Å². The highest BCUT2D eigenvalue weighted by atomic mass is 32.3. The van der Waals surface area contributed by atoms with Gasteiger partial charge in [0.15, 0.2) is 35.3 Å². The minimum absolute atomic E-state index is 0.842. The van der Waals surface area contributed by atoms with Crippen LogP contribution in [0.4, 0.5) is 0 Å². The van der Waals surface area contributed by atoms with Crippen LogP contribution in [0.5, 0.6) is 0 Å². The van der Waals surface area contributed by atoms with Gasteiger partial charge in [0.2, 0.25) is 0 Å². The Morgan fingerprint density at radius 2 is 1.39 bits per heavy atom. The molecular weight excluding hydrogens is 776 g/mol. The van der Waals surface area contributed by atoms with E-state index in [1.54, 1.807) is 0 Å². The van der Waals surface area contributed by atoms with Crippen LogP contribution < -0.4 is 14.9 Å². The third kappa shape index (κ3) is 11.5. The molecule has 0 aromatic carbocycles. The average molecular weight is 810 g/mol. The molecule has 3 heterocycles. The third-order valence-corrected chi connectivity index (χ3v) is 8.77. The summed E-state index contributed by atoms with van der Waals surface area (Å²) in [6.45, 7) is -1.49. The highest BCUT2D eigenvalue weighted by molar-refractivity contribution is 7.83. The Balaban J connectivity index is 2.02. The fourth-order valence-corrected chi connectivity index (χ4v) is 6.60. The van der Waals surface area contributed by atoms with Crippen LogP contribution in [0.2, 0.25) is 0 Å². The molecule has 0 amide bonds. The Morgan fingerprint density at radius 1 is 0.804 bits per heavy atom. The number of nitrogens with zero attached hydrogens (tertiary/aromatic N) is 1. The van der Waals surface area contributed by atoms with Crippen LogP contribution in [0.1, 0.15) is 6.92 Å². The van der Waals surface area contributed by atoms with Crippen molar-refractivity contribution >= 4 is 43.0 Å². The zero-order chi connectivity index (χ0) is 38.8. The molecule has 0 saturated carbocycles. The maximum atomic E-state index is 12.3. The Bertz CT molecular complexity index is 1560. The molecule has 0 spiro atoms. The number of aliphatic hydroxyl groups excluding tert-OH is 5. The number of ether oxygens (including phenoxy) is 6. The zero-order valence-electron chi connectivity index (χ0n) is 25.7. The van der Waals surface area contributed by atoms with Crippen LogP contribution in [0.25, 0.3) is 0 Å². The van der Waals surface area contributed by atoms with Crippen LogP contribution in [-0.2, 0) is 72.7 Å². The molecule has 27 nitrogen and oxygen atoms in total. The maximum absolute atomic E-state index is 12.3. The number of methoxy groups -OCH3 is 1. The summed E-state index contributed by atoms with van der Waals surface area (Å²) in [6.07, 6.45) is -29.6. The minimum Gasteiger partial charge on any atom is -0.862 e. The van der Waals surface area contributed by atoms with Crippen molar-refractivity contribution in [3.63, 3.8) is 0 Å². The summed E-state index contributed by atoms with van der Waals surface area (Å²) < 4.78 is 140. The van der Waals surface area contributed by atoms with Crippen molar-refractivity contribution in [2.45, 2.75) is 98.9 Å².